The predicted octanol–water partition coefficient (Wildman–Crippen LogP) is 0.809. The fraction of sp³-hybridized carbons (Fsp3) is 0.625. The SMILES string of the molecule is CCCn1nc(C)c(CNC(=O)CC2C(=O)N(C)C(=O)N2C)c1C. The molecule has 2 heterocycles. The van der Waals surface area contributed by atoms with Gasteiger partial charge in [0.2, 0.25) is 5.91 Å². The van der Waals surface area contributed by atoms with Gasteiger partial charge in [0.1, 0.15) is 6.04 Å². The minimum Gasteiger partial charge on any atom is -0.352 e. The van der Waals surface area contributed by atoms with Crippen LogP contribution in [0.25, 0.3) is 0 Å². The van der Waals surface area contributed by atoms with Crippen LogP contribution in [0.2, 0.25) is 0 Å². The molecule has 0 spiro atoms. The molecule has 8 heteroatoms. The average Bonchev–Trinajstić information content (AvgIpc) is 2.90. The van der Waals surface area contributed by atoms with Gasteiger partial charge in [-0.05, 0) is 20.3 Å². The quantitative estimate of drug-likeness (QED) is 0.779. The number of carbonyl (C=O) groups excluding carboxylic acids is 3. The van der Waals surface area contributed by atoms with E-state index in [0.29, 0.717) is 6.54 Å². The number of carbonyl (C=O) groups is 3. The lowest BCUT2D eigenvalue weighted by Gasteiger charge is -2.15. The van der Waals surface area contributed by atoms with E-state index in [2.05, 4.69) is 17.3 Å². The van der Waals surface area contributed by atoms with Crippen LogP contribution >= 0.6 is 0 Å². The van der Waals surface area contributed by atoms with Crippen LogP contribution in [0.1, 0.15) is 36.7 Å². The minimum absolute atomic E-state index is 0.0351. The number of aryl methyl sites for hydroxylation is 2. The van der Waals surface area contributed by atoms with Gasteiger partial charge in [0.05, 0.1) is 12.1 Å². The lowest BCUT2D eigenvalue weighted by molar-refractivity contribution is -0.131. The third-order valence-corrected chi connectivity index (χ3v) is 4.48. The minimum atomic E-state index is -0.729. The molecule has 1 aliphatic heterocycles. The number of nitrogens with one attached hydrogen (secondary N) is 1. The molecule has 0 aliphatic carbocycles. The van der Waals surface area contributed by atoms with Gasteiger partial charge in [-0.2, -0.15) is 5.10 Å². The molecule has 24 heavy (non-hydrogen) atoms. The Balaban J connectivity index is 1.97. The van der Waals surface area contributed by atoms with Crippen LogP contribution < -0.4 is 5.32 Å². The first-order valence-electron chi connectivity index (χ1n) is 8.11. The van der Waals surface area contributed by atoms with E-state index in [1.165, 1.54) is 19.0 Å². The van der Waals surface area contributed by atoms with Gasteiger partial charge in [-0.1, -0.05) is 6.92 Å². The van der Waals surface area contributed by atoms with E-state index in [1.54, 1.807) is 0 Å². The van der Waals surface area contributed by atoms with E-state index in [1.807, 2.05) is 18.5 Å². The summed E-state index contributed by atoms with van der Waals surface area (Å²) in [6.45, 7) is 7.21. The Kier molecular flexibility index (Phi) is 5.26. The molecule has 1 unspecified atom stereocenters. The van der Waals surface area contributed by atoms with Crippen molar-refractivity contribution >= 4 is 17.8 Å². The van der Waals surface area contributed by atoms with Gasteiger partial charge in [-0.15, -0.1) is 0 Å². The standard InChI is InChI=1S/C16H25N5O3/c1-6-7-21-11(3)12(10(2)18-21)9-17-14(22)8-13-15(23)20(5)16(24)19(13)4/h13H,6-9H2,1-5H3,(H,17,22). The molecule has 1 saturated heterocycles. The summed E-state index contributed by atoms with van der Waals surface area (Å²) in [5.41, 5.74) is 2.93. The second-order valence-electron chi connectivity index (χ2n) is 6.16. The Hall–Kier alpha value is -2.38. The van der Waals surface area contributed by atoms with Gasteiger partial charge in [0.25, 0.3) is 5.91 Å². The van der Waals surface area contributed by atoms with Crippen molar-refractivity contribution in [2.45, 2.75) is 52.7 Å². The molecular formula is C16H25N5O3. The van der Waals surface area contributed by atoms with Crippen molar-refractivity contribution in [1.29, 1.82) is 0 Å². The molecule has 1 aromatic heterocycles. The molecule has 0 aromatic carbocycles. The first-order valence-corrected chi connectivity index (χ1v) is 8.11. The molecule has 8 nitrogen and oxygen atoms in total. The van der Waals surface area contributed by atoms with E-state index >= 15 is 0 Å². The monoisotopic (exact) mass is 335 g/mol. The van der Waals surface area contributed by atoms with Crippen LogP contribution in [0, 0.1) is 13.8 Å². The highest BCUT2D eigenvalue weighted by atomic mass is 16.2. The summed E-state index contributed by atoms with van der Waals surface area (Å²) in [4.78, 5) is 38.2. The number of hydrogen-bond acceptors (Lipinski definition) is 4. The molecule has 1 fully saturated rings. The van der Waals surface area contributed by atoms with E-state index in [0.717, 1.165) is 34.8 Å². The van der Waals surface area contributed by atoms with Crippen LogP contribution in [0.4, 0.5) is 4.79 Å². The number of hydrogen-bond donors (Lipinski definition) is 1. The summed E-state index contributed by atoms with van der Waals surface area (Å²) in [7, 11) is 2.96. The fourth-order valence-electron chi connectivity index (χ4n) is 2.93. The molecule has 2 rings (SSSR count). The first kappa shape index (κ1) is 18.0. The summed E-state index contributed by atoms with van der Waals surface area (Å²) in [5.74, 6) is -0.605. The van der Waals surface area contributed by atoms with Crippen LogP contribution in [-0.4, -0.2) is 57.6 Å². The number of aromatic nitrogens is 2. The molecule has 0 radical (unpaired) electrons. The summed E-state index contributed by atoms with van der Waals surface area (Å²) >= 11 is 0. The molecule has 1 aromatic rings. The highest BCUT2D eigenvalue weighted by Gasteiger charge is 2.41. The van der Waals surface area contributed by atoms with Gasteiger partial charge < -0.3 is 10.2 Å². The van der Waals surface area contributed by atoms with Gasteiger partial charge in [0, 0.05) is 38.4 Å². The average molecular weight is 335 g/mol. The maximum atomic E-state index is 12.2. The van der Waals surface area contributed by atoms with E-state index < -0.39 is 6.04 Å². The number of imide groups is 1. The van der Waals surface area contributed by atoms with Crippen LogP contribution in [0.15, 0.2) is 0 Å². The van der Waals surface area contributed by atoms with Crippen molar-refractivity contribution in [1.82, 2.24) is 24.9 Å². The Labute approximate surface area is 141 Å². The summed E-state index contributed by atoms with van der Waals surface area (Å²) in [6, 6.07) is -1.11. The zero-order valence-electron chi connectivity index (χ0n) is 14.9. The topological polar surface area (TPSA) is 87.5 Å². The Bertz CT molecular complexity index is 667. The fourth-order valence-corrected chi connectivity index (χ4v) is 2.93. The third kappa shape index (κ3) is 3.27. The normalized spacial score (nSPS) is 17.8. The van der Waals surface area contributed by atoms with Crippen molar-refractivity contribution in [2.24, 2.45) is 0 Å². The van der Waals surface area contributed by atoms with Crippen molar-refractivity contribution in [3.05, 3.63) is 17.0 Å². The van der Waals surface area contributed by atoms with E-state index in [4.69, 9.17) is 0 Å². The highest BCUT2D eigenvalue weighted by molar-refractivity contribution is 6.05. The number of nitrogens with zero attached hydrogens (tertiary/aromatic N) is 4. The maximum absolute atomic E-state index is 12.2. The Morgan fingerprint density at radius 1 is 1.25 bits per heavy atom. The maximum Gasteiger partial charge on any atom is 0.326 e. The number of urea groups is 1. The number of amides is 4. The van der Waals surface area contributed by atoms with Gasteiger partial charge in [0.15, 0.2) is 0 Å². The molecular weight excluding hydrogens is 310 g/mol. The smallest absolute Gasteiger partial charge is 0.326 e. The second-order valence-corrected chi connectivity index (χ2v) is 6.16. The Morgan fingerprint density at radius 2 is 1.92 bits per heavy atom. The van der Waals surface area contributed by atoms with Crippen LogP contribution in [-0.2, 0) is 22.7 Å². The molecule has 1 N–H and O–H groups in total. The molecule has 132 valence electrons. The molecule has 0 bridgehead atoms. The summed E-state index contributed by atoms with van der Waals surface area (Å²) in [6.07, 6.45) is 0.956. The zero-order valence-corrected chi connectivity index (χ0v) is 14.9. The largest absolute Gasteiger partial charge is 0.352 e. The zero-order chi connectivity index (χ0) is 18.0. The first-order chi connectivity index (χ1) is 11.3. The van der Waals surface area contributed by atoms with Gasteiger partial charge >= 0.3 is 6.03 Å². The second kappa shape index (κ2) is 7.02. The van der Waals surface area contributed by atoms with Gasteiger partial charge in [-0.3, -0.25) is 19.2 Å². The van der Waals surface area contributed by atoms with Crippen LogP contribution in [0.3, 0.4) is 0 Å². The van der Waals surface area contributed by atoms with Gasteiger partial charge in [-0.25, -0.2) is 4.79 Å². The van der Waals surface area contributed by atoms with Crippen LogP contribution in [0.5, 0.6) is 0 Å². The van der Waals surface area contributed by atoms with E-state index in [-0.39, 0.29) is 24.3 Å². The highest BCUT2D eigenvalue weighted by Crippen LogP contribution is 2.17. The van der Waals surface area contributed by atoms with Crippen molar-refractivity contribution < 1.29 is 14.4 Å². The Morgan fingerprint density at radius 3 is 2.46 bits per heavy atom. The van der Waals surface area contributed by atoms with Crippen molar-refractivity contribution in [3.8, 4) is 0 Å². The lowest BCUT2D eigenvalue weighted by atomic mass is 10.1. The van der Waals surface area contributed by atoms with Crippen molar-refractivity contribution in [2.75, 3.05) is 14.1 Å². The summed E-state index contributed by atoms with van der Waals surface area (Å²) < 4.78 is 1.94. The predicted molar refractivity (Wildman–Crippen MR) is 88.2 cm³/mol. The molecule has 1 aliphatic rings. The molecule has 0 saturated carbocycles. The van der Waals surface area contributed by atoms with E-state index in [9.17, 15) is 14.4 Å². The number of rotatable bonds is 6. The molecule has 4 amide bonds. The summed E-state index contributed by atoms with van der Waals surface area (Å²) in [5, 5.41) is 7.31. The number of likely N-dealkylation sites (N-methyl/N-ethyl adjacent to an activating group) is 2. The van der Waals surface area contributed by atoms with Crippen molar-refractivity contribution in [3.63, 3.8) is 0 Å². The lowest BCUT2D eigenvalue weighted by Crippen LogP contribution is -2.37. The molecule has 1 atom stereocenters. The third-order valence-electron chi connectivity index (χ3n) is 4.48.